The predicted octanol–water partition coefficient (Wildman–Crippen LogP) is 3.34. The molecule has 26 heavy (non-hydrogen) atoms. The Bertz CT molecular complexity index is 807. The number of benzene rings is 1. The van der Waals surface area contributed by atoms with Gasteiger partial charge in [-0.15, -0.1) is 23.7 Å². The number of nitrogens with two attached hydrogens (primary N) is 1. The van der Waals surface area contributed by atoms with Gasteiger partial charge in [0.2, 0.25) is 0 Å². The van der Waals surface area contributed by atoms with E-state index < -0.39 is 11.7 Å². The third kappa shape index (κ3) is 4.81. The Labute approximate surface area is 161 Å². The van der Waals surface area contributed by atoms with Crippen LogP contribution in [0.4, 0.5) is 9.39 Å². The highest BCUT2D eigenvalue weighted by Crippen LogP contribution is 2.33. The summed E-state index contributed by atoms with van der Waals surface area (Å²) in [6.45, 7) is 2.24. The van der Waals surface area contributed by atoms with E-state index in [0.29, 0.717) is 22.3 Å². The van der Waals surface area contributed by atoms with E-state index in [1.807, 2.05) is 6.92 Å². The minimum absolute atomic E-state index is 0. The fourth-order valence-electron chi connectivity index (χ4n) is 2.68. The van der Waals surface area contributed by atoms with Crippen molar-refractivity contribution in [1.29, 1.82) is 0 Å². The lowest BCUT2D eigenvalue weighted by Gasteiger charge is -2.15. The highest BCUT2D eigenvalue weighted by atomic mass is 35.5. The molecule has 1 heterocycles. The number of rotatable bonds is 6. The van der Waals surface area contributed by atoms with Gasteiger partial charge in [0.25, 0.3) is 11.8 Å². The molecule has 1 unspecified atom stereocenters. The fourth-order valence-corrected chi connectivity index (χ4v) is 3.66. The zero-order chi connectivity index (χ0) is 18.0. The molecule has 8 heteroatoms. The molecular formula is C18H21ClFN3O2S. The van der Waals surface area contributed by atoms with Crippen molar-refractivity contribution in [2.24, 2.45) is 11.7 Å². The van der Waals surface area contributed by atoms with Gasteiger partial charge in [-0.05, 0) is 55.5 Å². The van der Waals surface area contributed by atoms with Crippen LogP contribution in [0.2, 0.25) is 0 Å². The van der Waals surface area contributed by atoms with Crippen LogP contribution in [0.3, 0.4) is 0 Å². The molecule has 140 valence electrons. The van der Waals surface area contributed by atoms with E-state index in [1.54, 1.807) is 6.07 Å². The topological polar surface area (TPSA) is 84.2 Å². The van der Waals surface area contributed by atoms with Gasteiger partial charge < -0.3 is 16.4 Å². The van der Waals surface area contributed by atoms with Crippen LogP contribution in [-0.2, 0) is 0 Å². The summed E-state index contributed by atoms with van der Waals surface area (Å²) >= 11 is 1.20. The Morgan fingerprint density at radius 2 is 2.04 bits per heavy atom. The van der Waals surface area contributed by atoms with Gasteiger partial charge in [-0.25, -0.2) is 4.39 Å². The smallest absolute Gasteiger partial charge is 0.261 e. The van der Waals surface area contributed by atoms with E-state index in [9.17, 15) is 14.0 Å². The molecule has 1 aliphatic carbocycles. The highest BCUT2D eigenvalue weighted by molar-refractivity contribution is 7.18. The lowest BCUT2D eigenvalue weighted by Crippen LogP contribution is -2.41. The summed E-state index contributed by atoms with van der Waals surface area (Å²) in [6, 6.07) is 7.21. The molecule has 1 aliphatic rings. The summed E-state index contributed by atoms with van der Waals surface area (Å²) in [5.74, 6) is -0.578. The van der Waals surface area contributed by atoms with Gasteiger partial charge in [0.05, 0.1) is 9.88 Å². The minimum Gasteiger partial charge on any atom is -0.347 e. The van der Waals surface area contributed by atoms with Gasteiger partial charge in [-0.2, -0.15) is 0 Å². The number of anilines is 1. The van der Waals surface area contributed by atoms with E-state index in [-0.39, 0.29) is 29.9 Å². The number of carbonyl (C=O) groups excluding carboxylic acids is 2. The van der Waals surface area contributed by atoms with Gasteiger partial charge >= 0.3 is 0 Å². The first-order valence-electron chi connectivity index (χ1n) is 8.16. The summed E-state index contributed by atoms with van der Waals surface area (Å²) < 4.78 is 13.2. The largest absolute Gasteiger partial charge is 0.347 e. The number of thiophene rings is 1. The number of hydrogen-bond acceptors (Lipinski definition) is 4. The average Bonchev–Trinajstić information content (AvgIpc) is 3.35. The molecule has 0 bridgehead atoms. The molecule has 2 amide bonds. The molecule has 1 fully saturated rings. The van der Waals surface area contributed by atoms with Crippen molar-refractivity contribution in [3.63, 3.8) is 0 Å². The van der Waals surface area contributed by atoms with E-state index in [1.165, 1.54) is 35.6 Å². The van der Waals surface area contributed by atoms with Crippen LogP contribution in [0.15, 0.2) is 30.3 Å². The standard InChI is InChI=1S/C18H20FN3O2S.ClH/c1-10-7-15(22-17(23)12-3-2-4-13(19)8-12)25-16(10)18(24)21-14(9-20)11-5-6-11;/h2-4,7-8,11,14H,5-6,9,20H2,1H3,(H,21,24)(H,22,23);1H. The molecule has 0 aliphatic heterocycles. The monoisotopic (exact) mass is 397 g/mol. The van der Waals surface area contributed by atoms with E-state index in [2.05, 4.69) is 10.6 Å². The molecule has 1 aromatic heterocycles. The Balaban J connectivity index is 0.00000243. The van der Waals surface area contributed by atoms with Crippen LogP contribution in [0, 0.1) is 18.7 Å². The highest BCUT2D eigenvalue weighted by Gasteiger charge is 2.32. The average molecular weight is 398 g/mol. The van der Waals surface area contributed by atoms with Gasteiger partial charge in [-0.1, -0.05) is 6.07 Å². The molecule has 0 radical (unpaired) electrons. The first-order valence-corrected chi connectivity index (χ1v) is 8.98. The number of nitrogens with one attached hydrogen (secondary N) is 2. The maximum atomic E-state index is 13.2. The second-order valence-electron chi connectivity index (χ2n) is 6.24. The van der Waals surface area contributed by atoms with Gasteiger partial charge in [-0.3, -0.25) is 9.59 Å². The summed E-state index contributed by atoms with van der Waals surface area (Å²) in [7, 11) is 0. The van der Waals surface area contributed by atoms with Gasteiger partial charge in [0.15, 0.2) is 0 Å². The number of aryl methyl sites for hydroxylation is 1. The summed E-state index contributed by atoms with van der Waals surface area (Å²) in [5, 5.41) is 6.24. The second kappa shape index (κ2) is 8.62. The number of halogens is 2. The van der Waals surface area contributed by atoms with Crippen LogP contribution < -0.4 is 16.4 Å². The third-order valence-corrected chi connectivity index (χ3v) is 5.36. The summed E-state index contributed by atoms with van der Waals surface area (Å²) in [6.07, 6.45) is 2.20. The summed E-state index contributed by atoms with van der Waals surface area (Å²) in [5.41, 5.74) is 6.74. The van der Waals surface area contributed by atoms with Crippen molar-refractivity contribution in [2.45, 2.75) is 25.8 Å². The van der Waals surface area contributed by atoms with Crippen LogP contribution in [0.5, 0.6) is 0 Å². The fraction of sp³-hybridized carbons (Fsp3) is 0.333. The van der Waals surface area contributed by atoms with Crippen molar-refractivity contribution in [3.8, 4) is 0 Å². The van der Waals surface area contributed by atoms with Gasteiger partial charge in [0.1, 0.15) is 5.82 Å². The predicted molar refractivity (Wildman–Crippen MR) is 104 cm³/mol. The molecule has 0 saturated heterocycles. The van der Waals surface area contributed by atoms with E-state index in [0.717, 1.165) is 18.4 Å². The van der Waals surface area contributed by atoms with Crippen molar-refractivity contribution < 1.29 is 14.0 Å². The number of carbonyl (C=O) groups is 2. The maximum Gasteiger partial charge on any atom is 0.261 e. The molecule has 1 aromatic carbocycles. The zero-order valence-corrected chi connectivity index (χ0v) is 15.9. The van der Waals surface area contributed by atoms with Crippen molar-refractivity contribution in [2.75, 3.05) is 11.9 Å². The van der Waals surface area contributed by atoms with Crippen molar-refractivity contribution in [3.05, 3.63) is 52.2 Å². The third-order valence-electron chi connectivity index (χ3n) is 4.21. The van der Waals surface area contributed by atoms with Crippen LogP contribution in [0.1, 0.15) is 38.4 Å². The van der Waals surface area contributed by atoms with Crippen LogP contribution in [-0.4, -0.2) is 24.4 Å². The Hall–Kier alpha value is -1.96. The molecule has 2 aromatic rings. The molecule has 1 atom stereocenters. The normalized spacial score (nSPS) is 14.3. The van der Waals surface area contributed by atoms with E-state index >= 15 is 0 Å². The van der Waals surface area contributed by atoms with Gasteiger partial charge in [0, 0.05) is 18.2 Å². The van der Waals surface area contributed by atoms with Crippen molar-refractivity contribution >= 4 is 40.6 Å². The Morgan fingerprint density at radius 3 is 2.65 bits per heavy atom. The quantitative estimate of drug-likeness (QED) is 0.698. The molecule has 0 spiro atoms. The SMILES string of the molecule is Cc1cc(NC(=O)c2cccc(F)c2)sc1C(=O)NC(CN)C1CC1.Cl. The molecule has 3 rings (SSSR count). The van der Waals surface area contributed by atoms with Crippen LogP contribution in [0.25, 0.3) is 0 Å². The lowest BCUT2D eigenvalue weighted by molar-refractivity contribution is 0.0936. The molecular weight excluding hydrogens is 377 g/mol. The molecule has 4 N–H and O–H groups in total. The maximum absolute atomic E-state index is 13.2. The number of hydrogen-bond donors (Lipinski definition) is 3. The second-order valence-corrected chi connectivity index (χ2v) is 7.29. The first kappa shape index (κ1) is 20.4. The summed E-state index contributed by atoms with van der Waals surface area (Å²) in [4.78, 5) is 25.2. The number of amides is 2. The van der Waals surface area contributed by atoms with E-state index in [4.69, 9.17) is 5.73 Å². The lowest BCUT2D eigenvalue weighted by atomic mass is 10.2. The minimum atomic E-state index is -0.469. The Morgan fingerprint density at radius 1 is 1.31 bits per heavy atom. The first-order chi connectivity index (χ1) is 12.0. The Kier molecular flexibility index (Phi) is 6.75. The molecule has 1 saturated carbocycles. The van der Waals surface area contributed by atoms with Crippen molar-refractivity contribution in [1.82, 2.24) is 5.32 Å². The molecule has 5 nitrogen and oxygen atoms in total. The van der Waals surface area contributed by atoms with Crippen LogP contribution >= 0.6 is 23.7 Å². The zero-order valence-electron chi connectivity index (χ0n) is 14.3.